The third-order valence-corrected chi connectivity index (χ3v) is 8.43. The number of anilines is 2. The van der Waals surface area contributed by atoms with Gasteiger partial charge in [-0.05, 0) is 61.9 Å². The number of carbonyl (C=O) groups excluding carboxylic acids is 1. The summed E-state index contributed by atoms with van der Waals surface area (Å²) in [6.45, 7) is 1.86. The lowest BCUT2D eigenvalue weighted by molar-refractivity contribution is 0.102. The monoisotopic (exact) mass is 615 g/mol. The molecule has 3 N–H and O–H groups in total. The molecule has 1 fully saturated rings. The Labute approximate surface area is 228 Å². The Bertz CT molecular complexity index is 1430. The van der Waals surface area contributed by atoms with Crippen LogP contribution in [-0.2, 0) is 0 Å². The van der Waals surface area contributed by atoms with Gasteiger partial charge < -0.3 is 20.4 Å². The van der Waals surface area contributed by atoms with Crippen LogP contribution < -0.4 is 15.8 Å². The Morgan fingerprint density at radius 3 is 2.69 bits per heavy atom. The third-order valence-electron chi connectivity index (χ3n) is 6.87. The summed E-state index contributed by atoms with van der Waals surface area (Å²) in [6, 6.07) is 11.5. The van der Waals surface area contributed by atoms with E-state index < -0.39 is 0 Å². The quantitative estimate of drug-likeness (QED) is 0.190. The Morgan fingerprint density at radius 2 is 1.97 bits per heavy atom. The molecule has 0 bridgehead atoms. The fourth-order valence-electron chi connectivity index (χ4n) is 4.99. The minimum absolute atomic E-state index is 0.288. The normalized spacial score (nSPS) is 17.8. The van der Waals surface area contributed by atoms with Crippen molar-refractivity contribution in [2.75, 3.05) is 18.2 Å². The molecule has 1 aliphatic carbocycles. The number of nitrogen functional groups attached to an aromatic ring is 1. The number of hydrogen-bond acceptors (Lipinski definition) is 5. The maximum absolute atomic E-state index is 13.0. The lowest BCUT2D eigenvalue weighted by atomic mass is 9.95. The number of methoxy groups -OCH3 is 1. The number of amides is 1. The highest BCUT2D eigenvalue weighted by molar-refractivity contribution is 14.1. The van der Waals surface area contributed by atoms with Gasteiger partial charge in [-0.3, -0.25) is 4.79 Å². The minimum Gasteiger partial charge on any atom is -0.495 e. The molecule has 0 spiro atoms. The van der Waals surface area contributed by atoms with Gasteiger partial charge in [0.25, 0.3) is 5.91 Å². The summed E-state index contributed by atoms with van der Waals surface area (Å²) in [6.07, 6.45) is 8.25. The molecule has 0 saturated heterocycles. The topological polar surface area (TPSA) is 95.1 Å². The molecular formula is C27H27ClIN5O2. The van der Waals surface area contributed by atoms with E-state index in [1.807, 2.05) is 37.3 Å². The highest BCUT2D eigenvalue weighted by Crippen LogP contribution is 2.41. The second kappa shape index (κ2) is 10.3. The number of aryl methyl sites for hydroxylation is 1. The van der Waals surface area contributed by atoms with E-state index in [0.717, 1.165) is 44.5 Å². The standard InChI is InChI=1S/C27H27ClIN5O2/c1-15-4-3-5-20(28)23(15)27(35)33-21-11-6-16(12-22(21)36-2)19-13-34(18-9-7-17(29)8-10-18)26-24(19)25(30)31-14-32-26/h3-6,11-14,17-18H,7-10H2,1-2H3,(H,33,35)(H2,30,31,32). The number of carbonyl (C=O) groups is 1. The molecule has 1 amide bonds. The van der Waals surface area contributed by atoms with Crippen molar-refractivity contribution >= 4 is 62.6 Å². The van der Waals surface area contributed by atoms with E-state index in [1.54, 1.807) is 13.2 Å². The molecule has 186 valence electrons. The largest absolute Gasteiger partial charge is 0.495 e. The predicted octanol–water partition coefficient (Wildman–Crippen LogP) is 6.82. The molecule has 0 radical (unpaired) electrons. The van der Waals surface area contributed by atoms with Crippen LogP contribution in [0.15, 0.2) is 48.9 Å². The number of nitrogens with one attached hydrogen (secondary N) is 1. The second-order valence-electron chi connectivity index (χ2n) is 9.11. The number of fused-ring (bicyclic) bond motifs is 1. The highest BCUT2D eigenvalue weighted by Gasteiger charge is 2.25. The van der Waals surface area contributed by atoms with Crippen LogP contribution in [0.2, 0.25) is 5.02 Å². The zero-order chi connectivity index (χ0) is 25.4. The van der Waals surface area contributed by atoms with Gasteiger partial charge in [-0.1, -0.05) is 52.4 Å². The van der Waals surface area contributed by atoms with Crippen LogP contribution in [0.5, 0.6) is 5.75 Å². The number of rotatable bonds is 5. The van der Waals surface area contributed by atoms with Gasteiger partial charge in [-0.15, -0.1) is 0 Å². The molecule has 4 aromatic rings. The molecule has 36 heavy (non-hydrogen) atoms. The van der Waals surface area contributed by atoms with E-state index in [9.17, 15) is 4.79 Å². The molecule has 2 aromatic heterocycles. The van der Waals surface area contributed by atoms with Gasteiger partial charge in [-0.2, -0.15) is 0 Å². The number of nitrogens with two attached hydrogens (primary N) is 1. The number of hydrogen-bond donors (Lipinski definition) is 2. The zero-order valence-corrected chi connectivity index (χ0v) is 23.0. The van der Waals surface area contributed by atoms with Crippen LogP contribution in [0.3, 0.4) is 0 Å². The number of halogens is 2. The first-order chi connectivity index (χ1) is 17.4. The first-order valence-electron chi connectivity index (χ1n) is 11.9. The fraction of sp³-hybridized carbons (Fsp3) is 0.296. The molecule has 9 heteroatoms. The second-order valence-corrected chi connectivity index (χ2v) is 11.3. The first kappa shape index (κ1) is 24.8. The molecule has 2 heterocycles. The molecule has 7 nitrogen and oxygen atoms in total. The van der Waals surface area contributed by atoms with E-state index in [0.29, 0.717) is 33.9 Å². The molecule has 1 saturated carbocycles. The molecule has 0 unspecified atom stereocenters. The van der Waals surface area contributed by atoms with Crippen molar-refractivity contribution in [3.05, 3.63) is 65.1 Å². The Balaban J connectivity index is 1.53. The third kappa shape index (κ3) is 4.64. The zero-order valence-electron chi connectivity index (χ0n) is 20.1. The van der Waals surface area contributed by atoms with Crippen LogP contribution in [0.4, 0.5) is 11.5 Å². The fourth-order valence-corrected chi connectivity index (χ4v) is 6.01. The maximum Gasteiger partial charge on any atom is 0.257 e. The van der Waals surface area contributed by atoms with Crippen molar-refractivity contribution < 1.29 is 9.53 Å². The van der Waals surface area contributed by atoms with Crippen molar-refractivity contribution in [1.82, 2.24) is 14.5 Å². The van der Waals surface area contributed by atoms with Gasteiger partial charge in [-0.25, -0.2) is 9.97 Å². The van der Waals surface area contributed by atoms with Crippen molar-refractivity contribution in [2.45, 2.75) is 42.6 Å². The average molecular weight is 616 g/mol. The Hall–Kier alpha value is -2.85. The summed E-state index contributed by atoms with van der Waals surface area (Å²) < 4.78 is 8.65. The van der Waals surface area contributed by atoms with Crippen LogP contribution in [0.1, 0.15) is 47.6 Å². The number of benzene rings is 2. The van der Waals surface area contributed by atoms with Crippen LogP contribution in [0.25, 0.3) is 22.2 Å². The Morgan fingerprint density at radius 1 is 1.19 bits per heavy atom. The van der Waals surface area contributed by atoms with Crippen LogP contribution >= 0.6 is 34.2 Å². The molecule has 0 atom stereocenters. The summed E-state index contributed by atoms with van der Waals surface area (Å²) in [4.78, 5) is 21.9. The molecule has 1 aliphatic rings. The number of aromatic nitrogens is 3. The molecule has 5 rings (SSSR count). The lowest BCUT2D eigenvalue weighted by Gasteiger charge is -2.26. The molecular weight excluding hydrogens is 589 g/mol. The maximum atomic E-state index is 13.0. The van der Waals surface area contributed by atoms with E-state index in [-0.39, 0.29) is 5.91 Å². The van der Waals surface area contributed by atoms with Gasteiger partial charge in [0.1, 0.15) is 23.5 Å². The first-order valence-corrected chi connectivity index (χ1v) is 13.5. The predicted molar refractivity (Wildman–Crippen MR) is 153 cm³/mol. The van der Waals surface area contributed by atoms with Gasteiger partial charge in [0.05, 0.1) is 28.8 Å². The SMILES string of the molecule is COc1cc(-c2cn(C3CCC(I)CC3)c3ncnc(N)c23)ccc1NC(=O)c1c(C)cccc1Cl. The van der Waals surface area contributed by atoms with Crippen LogP contribution in [0, 0.1) is 6.92 Å². The van der Waals surface area contributed by atoms with Crippen molar-refractivity contribution in [3.8, 4) is 16.9 Å². The van der Waals surface area contributed by atoms with Crippen molar-refractivity contribution in [3.63, 3.8) is 0 Å². The van der Waals surface area contributed by atoms with Gasteiger partial charge >= 0.3 is 0 Å². The molecule has 0 aliphatic heterocycles. The summed E-state index contributed by atoms with van der Waals surface area (Å²) in [7, 11) is 1.58. The van der Waals surface area contributed by atoms with Gasteiger partial charge in [0.2, 0.25) is 0 Å². The van der Waals surface area contributed by atoms with Crippen molar-refractivity contribution in [1.29, 1.82) is 0 Å². The summed E-state index contributed by atoms with van der Waals surface area (Å²) in [5.74, 6) is 0.693. The smallest absolute Gasteiger partial charge is 0.257 e. The average Bonchev–Trinajstić information content (AvgIpc) is 3.26. The summed E-state index contributed by atoms with van der Waals surface area (Å²) in [5, 5.41) is 4.18. The lowest BCUT2D eigenvalue weighted by Crippen LogP contribution is -2.17. The number of ether oxygens (including phenoxy) is 1. The number of alkyl halides is 1. The van der Waals surface area contributed by atoms with Crippen LogP contribution in [-0.4, -0.2) is 31.5 Å². The summed E-state index contributed by atoms with van der Waals surface area (Å²) >= 11 is 8.84. The summed E-state index contributed by atoms with van der Waals surface area (Å²) in [5.41, 5.74) is 10.9. The van der Waals surface area contributed by atoms with E-state index in [1.165, 1.54) is 19.2 Å². The van der Waals surface area contributed by atoms with Crippen molar-refractivity contribution in [2.24, 2.45) is 0 Å². The van der Waals surface area contributed by atoms with Gasteiger partial charge in [0, 0.05) is 21.7 Å². The van der Waals surface area contributed by atoms with E-state index >= 15 is 0 Å². The number of nitrogens with zero attached hydrogens (tertiary/aromatic N) is 3. The highest BCUT2D eigenvalue weighted by atomic mass is 127. The Kier molecular flexibility index (Phi) is 7.07. The van der Waals surface area contributed by atoms with E-state index in [2.05, 4.69) is 48.6 Å². The van der Waals surface area contributed by atoms with E-state index in [4.69, 9.17) is 22.1 Å². The molecule has 2 aromatic carbocycles. The minimum atomic E-state index is -0.288. The van der Waals surface area contributed by atoms with Gasteiger partial charge in [0.15, 0.2) is 0 Å².